The Hall–Kier alpha value is -0.900. The minimum Gasteiger partial charge on any atom is -0.469 e. The lowest BCUT2D eigenvalue weighted by molar-refractivity contribution is 0.0637. The molecule has 4 heteroatoms. The normalized spacial score (nSPS) is 16.2. The lowest BCUT2D eigenvalue weighted by Gasteiger charge is -2.22. The van der Waals surface area contributed by atoms with E-state index in [1.807, 2.05) is 0 Å². The summed E-state index contributed by atoms with van der Waals surface area (Å²) in [4.78, 5) is 0. The van der Waals surface area contributed by atoms with Crippen LogP contribution in [0.4, 0.5) is 8.78 Å². The Balaban J connectivity index is 2.74. The summed E-state index contributed by atoms with van der Waals surface area (Å²) < 4.78 is 29.8. The highest BCUT2D eigenvalue weighted by Gasteiger charge is 2.31. The quantitative estimate of drug-likeness (QED) is 0.790. The molecular weight excluding hydrogens is 176 g/mol. The van der Waals surface area contributed by atoms with Gasteiger partial charge in [-0.1, -0.05) is 0 Å². The monoisotopic (exact) mass is 189 g/mol. The van der Waals surface area contributed by atoms with Crippen molar-refractivity contribution in [2.75, 3.05) is 0 Å². The fourth-order valence-electron chi connectivity index (χ4n) is 1.08. The third kappa shape index (κ3) is 2.28. The molecule has 1 aromatic rings. The lowest BCUT2D eigenvalue weighted by Crippen LogP contribution is -2.45. The number of furan rings is 1. The van der Waals surface area contributed by atoms with Gasteiger partial charge in [0.05, 0.1) is 11.8 Å². The largest absolute Gasteiger partial charge is 0.469 e. The van der Waals surface area contributed by atoms with Gasteiger partial charge in [0.1, 0.15) is 5.76 Å². The molecule has 0 aliphatic carbocycles. The van der Waals surface area contributed by atoms with Crippen LogP contribution in [0.15, 0.2) is 16.7 Å². The third-order valence-corrected chi connectivity index (χ3v) is 2.04. The fraction of sp³-hybridized carbons (Fsp3) is 0.556. The summed E-state index contributed by atoms with van der Waals surface area (Å²) in [7, 11) is 0. The van der Waals surface area contributed by atoms with Gasteiger partial charge in [0.15, 0.2) is 0 Å². The number of hydrogen-bond acceptors (Lipinski definition) is 2. The molecule has 1 heterocycles. The smallest absolute Gasteiger partial charge is 0.256 e. The van der Waals surface area contributed by atoms with Gasteiger partial charge in [-0.25, -0.2) is 8.78 Å². The molecule has 0 radical (unpaired) electrons. The maximum absolute atomic E-state index is 12.4. The average molecular weight is 189 g/mol. The molecule has 1 unspecified atom stereocenters. The Morgan fingerprint density at radius 2 is 2.23 bits per heavy atom. The van der Waals surface area contributed by atoms with Crippen molar-refractivity contribution >= 4 is 0 Å². The Morgan fingerprint density at radius 3 is 2.62 bits per heavy atom. The molecule has 1 rings (SSSR count). The van der Waals surface area contributed by atoms with Crippen molar-refractivity contribution < 1.29 is 13.2 Å². The molecule has 1 aromatic heterocycles. The van der Waals surface area contributed by atoms with E-state index in [0.29, 0.717) is 5.76 Å². The van der Waals surface area contributed by atoms with Gasteiger partial charge in [0.2, 0.25) is 0 Å². The van der Waals surface area contributed by atoms with Crippen molar-refractivity contribution in [3.8, 4) is 0 Å². The summed E-state index contributed by atoms with van der Waals surface area (Å²) in [6, 6.07) is 1.67. The van der Waals surface area contributed by atoms with Gasteiger partial charge in [-0.2, -0.15) is 0 Å². The molecule has 2 N–H and O–H groups in total. The van der Waals surface area contributed by atoms with Crippen LogP contribution < -0.4 is 5.73 Å². The Bertz CT molecular complexity index is 281. The van der Waals surface area contributed by atoms with Gasteiger partial charge < -0.3 is 10.2 Å². The van der Waals surface area contributed by atoms with E-state index in [1.165, 1.54) is 13.2 Å². The van der Waals surface area contributed by atoms with Crippen LogP contribution in [0.3, 0.4) is 0 Å². The van der Waals surface area contributed by atoms with Gasteiger partial charge in [-0.05, 0) is 31.9 Å². The summed E-state index contributed by atoms with van der Waals surface area (Å²) >= 11 is 0. The van der Waals surface area contributed by atoms with E-state index in [-0.39, 0.29) is 6.42 Å². The maximum atomic E-state index is 12.4. The van der Waals surface area contributed by atoms with Crippen LogP contribution in [0, 0.1) is 6.92 Å². The summed E-state index contributed by atoms with van der Waals surface area (Å²) in [6.45, 7) is 3.07. The number of rotatable bonds is 3. The van der Waals surface area contributed by atoms with Crippen molar-refractivity contribution in [2.45, 2.75) is 32.2 Å². The number of halogens is 2. The van der Waals surface area contributed by atoms with Gasteiger partial charge in [-0.15, -0.1) is 0 Å². The number of hydrogen-bond donors (Lipinski definition) is 1. The molecule has 0 aliphatic heterocycles. The Labute approximate surface area is 75.7 Å². The molecule has 0 amide bonds. The Kier molecular flexibility index (Phi) is 2.71. The van der Waals surface area contributed by atoms with Gasteiger partial charge in [0, 0.05) is 0 Å². The molecule has 0 aliphatic rings. The number of aryl methyl sites for hydroxylation is 1. The average Bonchev–Trinajstić information content (AvgIpc) is 2.35. The fourth-order valence-corrected chi connectivity index (χ4v) is 1.08. The van der Waals surface area contributed by atoms with Gasteiger partial charge >= 0.3 is 0 Å². The van der Waals surface area contributed by atoms with Crippen LogP contribution in [-0.2, 0) is 6.42 Å². The van der Waals surface area contributed by atoms with Gasteiger partial charge in [-0.3, -0.25) is 0 Å². The van der Waals surface area contributed by atoms with E-state index >= 15 is 0 Å². The van der Waals surface area contributed by atoms with Crippen molar-refractivity contribution in [3.05, 3.63) is 23.7 Å². The predicted molar refractivity (Wildman–Crippen MR) is 45.7 cm³/mol. The van der Waals surface area contributed by atoms with Crippen molar-refractivity contribution in [1.29, 1.82) is 0 Å². The minimum absolute atomic E-state index is 0.132. The molecule has 0 saturated heterocycles. The van der Waals surface area contributed by atoms with Crippen LogP contribution in [0.2, 0.25) is 0 Å². The maximum Gasteiger partial charge on any atom is 0.256 e. The van der Waals surface area contributed by atoms with Crippen molar-refractivity contribution in [1.82, 2.24) is 0 Å². The minimum atomic E-state index is -2.53. The first-order valence-electron chi connectivity index (χ1n) is 4.03. The summed E-state index contributed by atoms with van der Waals surface area (Å²) in [5.41, 5.74) is 4.69. The first-order valence-corrected chi connectivity index (χ1v) is 4.03. The number of alkyl halides is 2. The second-order valence-corrected chi connectivity index (χ2v) is 3.49. The summed E-state index contributed by atoms with van der Waals surface area (Å²) in [6.07, 6.45) is -0.916. The van der Waals surface area contributed by atoms with Crippen LogP contribution >= 0.6 is 0 Å². The highest BCUT2D eigenvalue weighted by molar-refractivity contribution is 5.18. The second-order valence-electron chi connectivity index (χ2n) is 3.49. The number of nitrogens with two attached hydrogens (primary N) is 1. The van der Waals surface area contributed by atoms with Crippen molar-refractivity contribution in [3.63, 3.8) is 0 Å². The predicted octanol–water partition coefficient (Wildman–Crippen LogP) is 2.11. The first-order chi connectivity index (χ1) is 5.93. The standard InChI is InChI=1S/C9H13F2NO/c1-6-7(3-4-13-6)5-9(2,12)8(10)11/h3-4,8H,5,12H2,1-2H3. The van der Waals surface area contributed by atoms with E-state index in [0.717, 1.165) is 5.56 Å². The SMILES string of the molecule is Cc1occc1CC(C)(N)C(F)F. The molecule has 1 atom stereocenters. The van der Waals surface area contributed by atoms with E-state index in [1.54, 1.807) is 13.0 Å². The zero-order valence-corrected chi connectivity index (χ0v) is 7.68. The summed E-state index contributed by atoms with van der Waals surface area (Å²) in [5.74, 6) is 0.650. The molecule has 0 aromatic carbocycles. The zero-order valence-electron chi connectivity index (χ0n) is 7.68. The second kappa shape index (κ2) is 3.46. The van der Waals surface area contributed by atoms with Crippen LogP contribution in [0.1, 0.15) is 18.2 Å². The van der Waals surface area contributed by atoms with E-state index in [4.69, 9.17) is 10.2 Å². The lowest BCUT2D eigenvalue weighted by atomic mass is 9.95. The Morgan fingerprint density at radius 1 is 1.62 bits per heavy atom. The van der Waals surface area contributed by atoms with Gasteiger partial charge in [0.25, 0.3) is 6.43 Å². The first kappa shape index (κ1) is 10.2. The molecule has 13 heavy (non-hydrogen) atoms. The van der Waals surface area contributed by atoms with Crippen molar-refractivity contribution in [2.24, 2.45) is 5.73 Å². The molecule has 74 valence electrons. The van der Waals surface area contributed by atoms with E-state index in [9.17, 15) is 8.78 Å². The molecule has 0 spiro atoms. The van der Waals surface area contributed by atoms with Crippen LogP contribution in [-0.4, -0.2) is 12.0 Å². The topological polar surface area (TPSA) is 39.2 Å². The van der Waals surface area contributed by atoms with E-state index in [2.05, 4.69) is 0 Å². The third-order valence-electron chi connectivity index (χ3n) is 2.04. The molecular formula is C9H13F2NO. The molecule has 0 saturated carbocycles. The highest BCUT2D eigenvalue weighted by Crippen LogP contribution is 2.20. The molecule has 0 bridgehead atoms. The van der Waals surface area contributed by atoms with Crippen LogP contribution in [0.5, 0.6) is 0 Å². The highest BCUT2D eigenvalue weighted by atomic mass is 19.3. The van der Waals surface area contributed by atoms with Crippen LogP contribution in [0.25, 0.3) is 0 Å². The molecule has 2 nitrogen and oxygen atoms in total. The van der Waals surface area contributed by atoms with E-state index < -0.39 is 12.0 Å². The zero-order chi connectivity index (χ0) is 10.1. The molecule has 0 fully saturated rings. The summed E-state index contributed by atoms with van der Waals surface area (Å²) in [5, 5.41) is 0.